The fraction of sp³-hybridized carbons (Fsp3) is 0.407. The maximum absolute atomic E-state index is 15.0. The summed E-state index contributed by atoms with van der Waals surface area (Å²) in [5.74, 6) is 1.83. The van der Waals surface area contributed by atoms with Gasteiger partial charge in [0, 0.05) is 28.2 Å². The number of carbonyl (C=O) groups excluding carboxylic acids is 1. The second-order valence-electron chi connectivity index (χ2n) is 9.86. The summed E-state index contributed by atoms with van der Waals surface area (Å²) in [7, 11) is 0. The number of carbonyl (C=O) groups is 1. The number of thiazole rings is 1. The molecule has 2 atom stereocenters. The van der Waals surface area contributed by atoms with Gasteiger partial charge in [-0.1, -0.05) is 30.7 Å². The van der Waals surface area contributed by atoms with Gasteiger partial charge in [-0.25, -0.2) is 9.37 Å². The minimum Gasteiger partial charge on any atom is -0.454 e. The summed E-state index contributed by atoms with van der Waals surface area (Å²) in [4.78, 5) is 21.3. The fourth-order valence-corrected chi connectivity index (χ4v) is 6.58. The van der Waals surface area contributed by atoms with Crippen LogP contribution in [-0.2, 0) is 16.6 Å². The molecule has 1 saturated heterocycles. The first-order valence-corrected chi connectivity index (χ1v) is 13.2. The number of benzene rings is 2. The first-order valence-electron chi connectivity index (χ1n) is 12.0. The molecule has 3 heterocycles. The maximum Gasteiger partial charge on any atom is 0.231 e. The predicted octanol–water partition coefficient (Wildman–Crippen LogP) is 5.94. The van der Waals surface area contributed by atoms with Crippen molar-refractivity contribution in [3.05, 3.63) is 74.4 Å². The maximum atomic E-state index is 15.0. The van der Waals surface area contributed by atoms with Crippen molar-refractivity contribution >= 4 is 28.7 Å². The van der Waals surface area contributed by atoms with Gasteiger partial charge in [0.05, 0.1) is 17.9 Å². The van der Waals surface area contributed by atoms with Crippen molar-refractivity contribution < 1.29 is 18.7 Å². The molecule has 1 saturated carbocycles. The van der Waals surface area contributed by atoms with E-state index in [9.17, 15) is 4.79 Å². The average Bonchev–Trinajstić information content (AvgIpc) is 3.12. The summed E-state index contributed by atoms with van der Waals surface area (Å²) >= 11 is 7.53. The first-order chi connectivity index (χ1) is 16.9. The predicted molar refractivity (Wildman–Crippen MR) is 133 cm³/mol. The van der Waals surface area contributed by atoms with Gasteiger partial charge in [-0.3, -0.25) is 9.69 Å². The molecule has 3 aliphatic rings. The molecule has 0 spiro atoms. The molecule has 5 nitrogen and oxygen atoms in total. The Labute approximate surface area is 212 Å². The van der Waals surface area contributed by atoms with E-state index in [1.165, 1.54) is 17.4 Å². The molecule has 1 aliphatic carbocycles. The molecule has 0 radical (unpaired) electrons. The van der Waals surface area contributed by atoms with Gasteiger partial charge in [-0.05, 0) is 61.6 Å². The van der Waals surface area contributed by atoms with E-state index in [-0.39, 0.29) is 30.9 Å². The molecule has 0 bridgehead atoms. The Kier molecular flexibility index (Phi) is 5.82. The molecule has 0 N–H and O–H groups in total. The summed E-state index contributed by atoms with van der Waals surface area (Å²) in [5.41, 5.74) is 1.11. The third kappa shape index (κ3) is 4.24. The second-order valence-corrected chi connectivity index (χ2v) is 11.4. The van der Waals surface area contributed by atoms with Gasteiger partial charge in [-0.2, -0.15) is 0 Å². The summed E-state index contributed by atoms with van der Waals surface area (Å²) in [6, 6.07) is 10.4. The van der Waals surface area contributed by atoms with Crippen LogP contribution in [0.25, 0.3) is 0 Å². The van der Waals surface area contributed by atoms with Gasteiger partial charge in [0.2, 0.25) is 6.79 Å². The molecule has 6 rings (SSSR count). The van der Waals surface area contributed by atoms with Crippen LogP contribution in [0, 0.1) is 11.7 Å². The van der Waals surface area contributed by atoms with E-state index in [2.05, 4.69) is 16.8 Å². The summed E-state index contributed by atoms with van der Waals surface area (Å²) < 4.78 is 25.9. The smallest absolute Gasteiger partial charge is 0.231 e. The summed E-state index contributed by atoms with van der Waals surface area (Å²) in [6.45, 7) is 4.23. The Balaban J connectivity index is 1.25. The number of Topliss-reactive ketones (excluding diaryl/α,β-unsaturated/α-hetero) is 1. The number of hydrogen-bond acceptors (Lipinski definition) is 6. The van der Waals surface area contributed by atoms with Crippen molar-refractivity contribution in [1.82, 2.24) is 9.88 Å². The average molecular weight is 513 g/mol. The lowest BCUT2D eigenvalue weighted by Gasteiger charge is -2.27. The van der Waals surface area contributed by atoms with Crippen LogP contribution in [-0.4, -0.2) is 35.5 Å². The van der Waals surface area contributed by atoms with Crippen LogP contribution in [0.1, 0.15) is 53.2 Å². The van der Waals surface area contributed by atoms with E-state index >= 15 is 4.39 Å². The molecule has 2 aromatic carbocycles. The van der Waals surface area contributed by atoms with Crippen LogP contribution in [0.2, 0.25) is 5.02 Å². The van der Waals surface area contributed by atoms with Crippen LogP contribution >= 0.6 is 22.9 Å². The van der Waals surface area contributed by atoms with Crippen LogP contribution < -0.4 is 9.47 Å². The van der Waals surface area contributed by atoms with Gasteiger partial charge in [0.1, 0.15) is 16.6 Å². The van der Waals surface area contributed by atoms with E-state index in [1.54, 1.807) is 12.1 Å². The number of aromatic nitrogens is 1. The van der Waals surface area contributed by atoms with Crippen molar-refractivity contribution in [3.8, 4) is 11.5 Å². The lowest BCUT2D eigenvalue weighted by molar-refractivity contribution is -0.120. The minimum absolute atomic E-state index is 0.168. The van der Waals surface area contributed by atoms with E-state index in [4.69, 9.17) is 21.1 Å². The summed E-state index contributed by atoms with van der Waals surface area (Å²) in [6.07, 6.45) is 4.82. The van der Waals surface area contributed by atoms with Crippen molar-refractivity contribution in [3.63, 3.8) is 0 Å². The van der Waals surface area contributed by atoms with Crippen molar-refractivity contribution in [2.45, 2.75) is 44.1 Å². The van der Waals surface area contributed by atoms with Gasteiger partial charge < -0.3 is 9.47 Å². The van der Waals surface area contributed by atoms with Gasteiger partial charge >= 0.3 is 0 Å². The highest BCUT2D eigenvalue weighted by Crippen LogP contribution is 2.51. The van der Waals surface area contributed by atoms with Crippen molar-refractivity contribution in [2.24, 2.45) is 5.92 Å². The zero-order valence-electron chi connectivity index (χ0n) is 19.4. The lowest BCUT2D eigenvalue weighted by Crippen LogP contribution is -2.27. The Bertz CT molecular complexity index is 1290. The van der Waals surface area contributed by atoms with E-state index in [0.29, 0.717) is 22.3 Å². The van der Waals surface area contributed by atoms with Gasteiger partial charge in [0.25, 0.3) is 0 Å². The fourth-order valence-electron chi connectivity index (χ4n) is 5.34. The molecule has 1 aromatic heterocycles. The van der Waals surface area contributed by atoms with Crippen LogP contribution in [0.3, 0.4) is 0 Å². The molecular weight excluding hydrogens is 487 g/mol. The number of nitrogens with zero attached hydrogens (tertiary/aromatic N) is 2. The Hall–Kier alpha value is -2.48. The zero-order chi connectivity index (χ0) is 24.2. The summed E-state index contributed by atoms with van der Waals surface area (Å²) in [5, 5.41) is 1.15. The monoisotopic (exact) mass is 512 g/mol. The molecule has 8 heteroatoms. The van der Waals surface area contributed by atoms with Crippen LogP contribution in [0.4, 0.5) is 4.39 Å². The number of likely N-dealkylation sites (tertiary alicyclic amines) is 1. The van der Waals surface area contributed by atoms with E-state index in [1.807, 2.05) is 24.4 Å². The third-order valence-electron chi connectivity index (χ3n) is 7.44. The number of fused-ring (bicyclic) bond motifs is 1. The number of rotatable bonds is 7. The molecular formula is C27H26ClFN2O3S. The largest absolute Gasteiger partial charge is 0.454 e. The number of halogens is 2. The van der Waals surface area contributed by atoms with Crippen molar-refractivity contribution in [2.75, 3.05) is 19.9 Å². The number of ketones is 1. The van der Waals surface area contributed by atoms with Crippen molar-refractivity contribution in [1.29, 1.82) is 0 Å². The molecule has 35 heavy (non-hydrogen) atoms. The number of ether oxygens (including phenoxy) is 2. The van der Waals surface area contributed by atoms with Crippen LogP contribution in [0.15, 0.2) is 42.6 Å². The highest BCUT2D eigenvalue weighted by Gasteiger charge is 2.51. The first kappa shape index (κ1) is 23.0. The lowest BCUT2D eigenvalue weighted by atomic mass is 9.89. The molecule has 182 valence electrons. The van der Waals surface area contributed by atoms with Crippen LogP contribution in [0.5, 0.6) is 11.5 Å². The topological polar surface area (TPSA) is 51.7 Å². The van der Waals surface area contributed by atoms with E-state index < -0.39 is 5.41 Å². The molecule has 0 amide bonds. The van der Waals surface area contributed by atoms with Gasteiger partial charge in [-0.15, -0.1) is 11.3 Å². The number of hydrogen-bond donors (Lipinski definition) is 0. The standard InChI is InChI=1S/C27H26ClFN2O3S/c1-16-6-9-31(14-16)26(19-4-3-18(28)11-20(19)29)23-13-30-25(35-23)12-24(32)27(7-8-27)17-2-5-21-22(10-17)34-15-33-21/h2-5,10-11,13,16,26H,6-9,12,14-15H2,1H3/t16-,26+/m1/s1. The highest BCUT2D eigenvalue weighted by atomic mass is 35.5. The highest BCUT2D eigenvalue weighted by molar-refractivity contribution is 7.11. The quantitative estimate of drug-likeness (QED) is 0.392. The molecule has 3 aromatic rings. The Morgan fingerprint density at radius 3 is 2.83 bits per heavy atom. The zero-order valence-corrected chi connectivity index (χ0v) is 21.0. The SMILES string of the molecule is C[C@@H]1CCN([C@H](c2cnc(CC(=O)C3(c4ccc5c(c4)OCO5)CC3)s2)c2ccc(Cl)cc2F)C1. The molecule has 0 unspecified atom stereocenters. The Morgan fingerprint density at radius 1 is 1.26 bits per heavy atom. The minimum atomic E-state index is -0.473. The molecule has 2 fully saturated rings. The van der Waals surface area contributed by atoms with E-state index in [0.717, 1.165) is 53.5 Å². The Morgan fingerprint density at radius 2 is 2.09 bits per heavy atom. The van der Waals surface area contributed by atoms with Gasteiger partial charge in [0.15, 0.2) is 11.5 Å². The normalized spacial score (nSPS) is 21.3. The third-order valence-corrected chi connectivity index (χ3v) is 8.72. The molecule has 2 aliphatic heterocycles. The second kappa shape index (κ2) is 8.87.